The molecule has 134 valence electrons. The highest BCUT2D eigenvalue weighted by atomic mass is 32.2. The second-order valence-electron chi connectivity index (χ2n) is 5.60. The van der Waals surface area contributed by atoms with Gasteiger partial charge in [0.05, 0.1) is 17.5 Å². The van der Waals surface area contributed by atoms with Crippen molar-refractivity contribution in [1.82, 2.24) is 9.88 Å². The molecule has 0 radical (unpaired) electrons. The Labute approximate surface area is 143 Å². The average molecular weight is 362 g/mol. The number of aromatic nitrogens is 1. The molecule has 1 aliphatic heterocycles. The van der Waals surface area contributed by atoms with Crippen molar-refractivity contribution in [2.24, 2.45) is 5.73 Å². The standard InChI is InChI=1S/C15H21F3N4OS/c16-15(17,18)11-4-5-13(21-9-11)20-6-2-1-3-12(19)14(23)22-7-8-24-10-22/h4-5,9,12H,1-3,6-8,10,19H2,(H,20,21). The number of hydrogen-bond acceptors (Lipinski definition) is 5. The van der Waals surface area contributed by atoms with Gasteiger partial charge in [0.25, 0.3) is 0 Å². The van der Waals surface area contributed by atoms with E-state index in [1.165, 1.54) is 6.07 Å². The molecule has 1 amide bonds. The van der Waals surface area contributed by atoms with Crippen LogP contribution >= 0.6 is 11.8 Å². The van der Waals surface area contributed by atoms with Crippen molar-refractivity contribution in [3.8, 4) is 0 Å². The van der Waals surface area contributed by atoms with E-state index in [0.29, 0.717) is 24.7 Å². The fourth-order valence-electron chi connectivity index (χ4n) is 2.32. The van der Waals surface area contributed by atoms with Gasteiger partial charge in [-0.15, -0.1) is 11.8 Å². The van der Waals surface area contributed by atoms with E-state index in [2.05, 4.69) is 10.3 Å². The maximum absolute atomic E-state index is 12.4. The number of halogens is 3. The van der Waals surface area contributed by atoms with Crippen molar-refractivity contribution in [1.29, 1.82) is 0 Å². The third kappa shape index (κ3) is 5.55. The number of pyridine rings is 1. The maximum atomic E-state index is 12.4. The van der Waals surface area contributed by atoms with E-state index in [-0.39, 0.29) is 5.91 Å². The molecule has 1 atom stereocenters. The van der Waals surface area contributed by atoms with Crippen LogP contribution < -0.4 is 11.1 Å². The topological polar surface area (TPSA) is 71.2 Å². The largest absolute Gasteiger partial charge is 0.417 e. The van der Waals surface area contributed by atoms with E-state index in [9.17, 15) is 18.0 Å². The number of amides is 1. The highest BCUT2D eigenvalue weighted by Gasteiger charge is 2.30. The van der Waals surface area contributed by atoms with Gasteiger partial charge in [-0.05, 0) is 31.4 Å². The minimum Gasteiger partial charge on any atom is -0.370 e. The number of alkyl halides is 3. The molecule has 5 nitrogen and oxygen atoms in total. The summed E-state index contributed by atoms with van der Waals surface area (Å²) in [6.07, 6.45) is -1.44. The van der Waals surface area contributed by atoms with Gasteiger partial charge < -0.3 is 16.0 Å². The summed E-state index contributed by atoms with van der Waals surface area (Å²) < 4.78 is 37.3. The van der Waals surface area contributed by atoms with Crippen molar-refractivity contribution in [3.63, 3.8) is 0 Å². The number of carbonyl (C=O) groups is 1. The van der Waals surface area contributed by atoms with Crippen LogP contribution in [0.15, 0.2) is 18.3 Å². The first kappa shape index (κ1) is 18.9. The molecule has 0 saturated carbocycles. The Morgan fingerprint density at radius 2 is 2.21 bits per heavy atom. The van der Waals surface area contributed by atoms with Crippen LogP contribution in [0.3, 0.4) is 0 Å². The zero-order chi connectivity index (χ0) is 17.6. The number of nitrogens with two attached hydrogens (primary N) is 1. The minimum absolute atomic E-state index is 0.00244. The highest BCUT2D eigenvalue weighted by Crippen LogP contribution is 2.28. The van der Waals surface area contributed by atoms with Crippen molar-refractivity contribution in [3.05, 3.63) is 23.9 Å². The molecule has 2 heterocycles. The van der Waals surface area contributed by atoms with Crippen LogP contribution in [0.1, 0.15) is 24.8 Å². The summed E-state index contributed by atoms with van der Waals surface area (Å²) in [7, 11) is 0. The highest BCUT2D eigenvalue weighted by molar-refractivity contribution is 7.99. The first-order valence-corrected chi connectivity index (χ1v) is 8.92. The average Bonchev–Trinajstić information content (AvgIpc) is 3.07. The lowest BCUT2D eigenvalue weighted by Gasteiger charge is -2.19. The van der Waals surface area contributed by atoms with Crippen LogP contribution in [-0.4, -0.2) is 46.6 Å². The summed E-state index contributed by atoms with van der Waals surface area (Å²) in [4.78, 5) is 17.5. The molecule has 1 aliphatic rings. The van der Waals surface area contributed by atoms with Gasteiger partial charge in [-0.25, -0.2) is 4.98 Å². The van der Waals surface area contributed by atoms with E-state index in [4.69, 9.17) is 5.73 Å². The Morgan fingerprint density at radius 3 is 2.79 bits per heavy atom. The number of thioether (sulfide) groups is 1. The van der Waals surface area contributed by atoms with Crippen LogP contribution in [-0.2, 0) is 11.0 Å². The molecule has 1 fully saturated rings. The molecule has 2 rings (SSSR count). The van der Waals surface area contributed by atoms with Crippen molar-refractivity contribution < 1.29 is 18.0 Å². The van der Waals surface area contributed by atoms with E-state index in [0.717, 1.165) is 37.4 Å². The number of rotatable bonds is 7. The quantitative estimate of drug-likeness (QED) is 0.730. The third-order valence-electron chi connectivity index (χ3n) is 3.72. The molecule has 0 aromatic carbocycles. The molecular weight excluding hydrogens is 341 g/mol. The molecule has 1 aromatic heterocycles. The number of nitrogens with one attached hydrogen (secondary N) is 1. The lowest BCUT2D eigenvalue weighted by atomic mass is 10.1. The second kappa shape index (κ2) is 8.57. The zero-order valence-corrected chi connectivity index (χ0v) is 14.0. The van der Waals surface area contributed by atoms with Crippen molar-refractivity contribution in [2.75, 3.05) is 30.0 Å². The van der Waals surface area contributed by atoms with Crippen molar-refractivity contribution in [2.45, 2.75) is 31.5 Å². The second-order valence-corrected chi connectivity index (χ2v) is 6.67. The Hall–Kier alpha value is -1.48. The molecule has 3 N–H and O–H groups in total. The first-order valence-electron chi connectivity index (χ1n) is 7.77. The smallest absolute Gasteiger partial charge is 0.370 e. The summed E-state index contributed by atoms with van der Waals surface area (Å²) >= 11 is 1.72. The molecule has 1 saturated heterocycles. The summed E-state index contributed by atoms with van der Waals surface area (Å²) in [5.74, 6) is 2.07. The van der Waals surface area contributed by atoms with Gasteiger partial charge in [0.1, 0.15) is 5.82 Å². The minimum atomic E-state index is -4.37. The van der Waals surface area contributed by atoms with Gasteiger partial charge in [-0.1, -0.05) is 0 Å². The molecule has 0 spiro atoms. The summed E-state index contributed by atoms with van der Waals surface area (Å²) in [6.45, 7) is 1.33. The fourth-order valence-corrected chi connectivity index (χ4v) is 3.27. The van der Waals surface area contributed by atoms with E-state index >= 15 is 0 Å². The normalized spacial score (nSPS) is 16.2. The Morgan fingerprint density at radius 1 is 1.42 bits per heavy atom. The van der Waals surface area contributed by atoms with E-state index < -0.39 is 17.8 Å². The third-order valence-corrected chi connectivity index (χ3v) is 4.69. The summed E-state index contributed by atoms with van der Waals surface area (Å²) in [5, 5.41) is 2.96. The maximum Gasteiger partial charge on any atom is 0.417 e. The number of hydrogen-bond donors (Lipinski definition) is 2. The van der Waals surface area contributed by atoms with E-state index in [1.54, 1.807) is 16.7 Å². The number of carbonyl (C=O) groups excluding carboxylic acids is 1. The Bertz CT molecular complexity index is 533. The summed E-state index contributed by atoms with van der Waals surface area (Å²) in [5.41, 5.74) is 5.14. The number of nitrogens with zero attached hydrogens (tertiary/aromatic N) is 2. The lowest BCUT2D eigenvalue weighted by molar-refractivity contribution is -0.137. The van der Waals surface area contributed by atoms with Crippen LogP contribution in [0.25, 0.3) is 0 Å². The first-order chi connectivity index (χ1) is 11.4. The Balaban J connectivity index is 1.63. The monoisotopic (exact) mass is 362 g/mol. The van der Waals surface area contributed by atoms with Crippen LogP contribution in [0, 0.1) is 0 Å². The van der Waals surface area contributed by atoms with Gasteiger partial charge in [0.2, 0.25) is 5.91 Å². The fraction of sp³-hybridized carbons (Fsp3) is 0.600. The van der Waals surface area contributed by atoms with E-state index in [1.807, 2.05) is 0 Å². The molecule has 0 bridgehead atoms. The van der Waals surface area contributed by atoms with Gasteiger partial charge in [0.15, 0.2) is 0 Å². The van der Waals surface area contributed by atoms with Crippen molar-refractivity contribution >= 4 is 23.5 Å². The van der Waals surface area contributed by atoms with Gasteiger partial charge >= 0.3 is 6.18 Å². The predicted octanol–water partition coefficient (Wildman–Crippen LogP) is 2.54. The van der Waals surface area contributed by atoms with Gasteiger partial charge in [-0.2, -0.15) is 13.2 Å². The Kier molecular flexibility index (Phi) is 6.73. The molecule has 0 aliphatic carbocycles. The van der Waals surface area contributed by atoms with Gasteiger partial charge in [0, 0.05) is 25.0 Å². The molecule has 9 heteroatoms. The number of anilines is 1. The van der Waals surface area contributed by atoms with Gasteiger partial charge in [-0.3, -0.25) is 4.79 Å². The predicted molar refractivity (Wildman–Crippen MR) is 88.6 cm³/mol. The molecular formula is C15H21F3N4OS. The van der Waals surface area contributed by atoms with Crippen LogP contribution in [0.4, 0.5) is 19.0 Å². The molecule has 1 unspecified atom stereocenters. The van der Waals surface area contributed by atoms with Crippen LogP contribution in [0.2, 0.25) is 0 Å². The SMILES string of the molecule is NC(CCCCNc1ccc(C(F)(F)F)cn1)C(=O)N1CCSC1. The lowest BCUT2D eigenvalue weighted by Crippen LogP contribution is -2.42. The van der Waals surface area contributed by atoms with Crippen LogP contribution in [0.5, 0.6) is 0 Å². The molecule has 1 aromatic rings. The number of unbranched alkanes of at least 4 members (excludes halogenated alkanes) is 1. The summed E-state index contributed by atoms with van der Waals surface area (Å²) in [6, 6.07) is 1.83. The molecule has 24 heavy (non-hydrogen) atoms. The zero-order valence-electron chi connectivity index (χ0n) is 13.2.